The van der Waals surface area contributed by atoms with Gasteiger partial charge >= 0.3 is 0 Å². The molecule has 1 saturated heterocycles. The molecule has 2 aliphatic heterocycles. The number of halogens is 1. The summed E-state index contributed by atoms with van der Waals surface area (Å²) in [7, 11) is 1.68. The Morgan fingerprint density at radius 2 is 2.23 bits per heavy atom. The summed E-state index contributed by atoms with van der Waals surface area (Å²) in [5.74, 6) is 2.06. The summed E-state index contributed by atoms with van der Waals surface area (Å²) in [6.45, 7) is 0.984. The van der Waals surface area contributed by atoms with Crippen molar-refractivity contribution in [2.45, 2.75) is 36.5 Å². The first-order valence-corrected chi connectivity index (χ1v) is 7.72. The zero-order valence-electron chi connectivity index (χ0n) is 12.4. The molecule has 0 radical (unpaired) electrons. The third kappa shape index (κ3) is 1.46. The Morgan fingerprint density at radius 1 is 1.36 bits per heavy atom. The highest BCUT2D eigenvalue weighted by molar-refractivity contribution is 5.85. The van der Waals surface area contributed by atoms with E-state index in [9.17, 15) is 5.11 Å². The lowest BCUT2D eigenvalue weighted by Gasteiger charge is -2.53. The first kappa shape index (κ1) is 14.4. The Balaban J connectivity index is 0.00000125. The number of hydrogen-bond acceptors (Lipinski definition) is 4. The van der Waals surface area contributed by atoms with Gasteiger partial charge in [-0.3, -0.25) is 0 Å². The van der Waals surface area contributed by atoms with Gasteiger partial charge in [0.05, 0.1) is 7.11 Å². The zero-order valence-corrected chi connectivity index (χ0v) is 13.2. The van der Waals surface area contributed by atoms with Gasteiger partial charge in [0.25, 0.3) is 0 Å². The first-order valence-electron chi connectivity index (χ1n) is 7.72. The molecule has 4 aliphatic rings. The lowest BCUT2D eigenvalue weighted by atomic mass is 9.54. The van der Waals surface area contributed by atoms with Gasteiger partial charge in [0.2, 0.25) is 0 Å². The fourth-order valence-corrected chi connectivity index (χ4v) is 5.13. The first-order chi connectivity index (χ1) is 10.3. The molecule has 1 aromatic carbocycles. The van der Waals surface area contributed by atoms with E-state index in [1.165, 1.54) is 11.1 Å². The molecule has 2 N–H and O–H groups in total. The van der Waals surface area contributed by atoms with Crippen molar-refractivity contribution in [3.63, 3.8) is 0 Å². The number of piperidine rings is 1. The largest absolute Gasteiger partial charge is 0.493 e. The maximum absolute atomic E-state index is 10.5. The van der Waals surface area contributed by atoms with Crippen LogP contribution in [0.3, 0.4) is 0 Å². The number of hydrogen-bond donors (Lipinski definition) is 2. The second kappa shape index (κ2) is 4.63. The minimum atomic E-state index is -0.539. The fraction of sp³-hybridized carbons (Fsp3) is 0.529. The van der Waals surface area contributed by atoms with Gasteiger partial charge in [-0.15, -0.1) is 12.4 Å². The van der Waals surface area contributed by atoms with Crippen LogP contribution >= 0.6 is 12.4 Å². The number of methoxy groups -OCH3 is 1. The molecule has 5 rings (SSSR count). The normalized spacial score (nSPS) is 39.5. The van der Waals surface area contributed by atoms with E-state index in [0.717, 1.165) is 30.9 Å². The van der Waals surface area contributed by atoms with Crippen LogP contribution in [0.15, 0.2) is 24.3 Å². The van der Waals surface area contributed by atoms with Crippen molar-refractivity contribution in [2.75, 3.05) is 13.7 Å². The molecule has 4 nitrogen and oxygen atoms in total. The number of benzene rings is 1. The Kier molecular flexibility index (Phi) is 3.03. The van der Waals surface area contributed by atoms with Crippen molar-refractivity contribution >= 4 is 12.4 Å². The van der Waals surface area contributed by atoms with Crippen LogP contribution in [0.4, 0.5) is 0 Å². The molecular weight excluding hydrogens is 302 g/mol. The third-order valence-corrected chi connectivity index (χ3v) is 5.88. The van der Waals surface area contributed by atoms with Gasteiger partial charge in [-0.25, -0.2) is 0 Å². The Bertz CT molecular complexity index is 662. The molecule has 118 valence electrons. The molecule has 0 aromatic heterocycles. The third-order valence-electron chi connectivity index (χ3n) is 5.88. The van der Waals surface area contributed by atoms with Crippen molar-refractivity contribution in [2.24, 2.45) is 5.92 Å². The number of aliphatic hydroxyl groups excluding tert-OH is 1. The van der Waals surface area contributed by atoms with Gasteiger partial charge in [0, 0.05) is 22.9 Å². The minimum Gasteiger partial charge on any atom is -0.493 e. The topological polar surface area (TPSA) is 50.7 Å². The molecule has 5 atom stereocenters. The van der Waals surface area contributed by atoms with Crippen molar-refractivity contribution in [1.82, 2.24) is 5.32 Å². The summed E-state index contributed by atoms with van der Waals surface area (Å²) < 4.78 is 11.8. The minimum absolute atomic E-state index is 0. The van der Waals surface area contributed by atoms with Crippen LogP contribution < -0.4 is 14.8 Å². The van der Waals surface area contributed by atoms with E-state index < -0.39 is 6.10 Å². The molecular formula is C17H20ClNO3. The molecule has 5 heteroatoms. The molecule has 2 aliphatic carbocycles. The zero-order chi connectivity index (χ0) is 14.2. The molecule has 1 spiro atoms. The van der Waals surface area contributed by atoms with Crippen molar-refractivity contribution in [3.05, 3.63) is 35.4 Å². The summed E-state index contributed by atoms with van der Waals surface area (Å²) in [5.41, 5.74) is 2.57. The van der Waals surface area contributed by atoms with E-state index in [4.69, 9.17) is 9.47 Å². The highest BCUT2D eigenvalue weighted by Crippen LogP contribution is 2.61. The van der Waals surface area contributed by atoms with E-state index in [1.54, 1.807) is 7.11 Å². The number of ether oxygens (including phenoxy) is 2. The van der Waals surface area contributed by atoms with Gasteiger partial charge in [-0.05, 0) is 31.0 Å². The van der Waals surface area contributed by atoms with Gasteiger partial charge in [0.15, 0.2) is 11.5 Å². The number of nitrogens with one attached hydrogen (secondary N) is 1. The highest BCUT2D eigenvalue weighted by atomic mass is 35.5. The van der Waals surface area contributed by atoms with Gasteiger partial charge in [0.1, 0.15) is 12.2 Å². The smallest absolute Gasteiger partial charge is 0.165 e. The molecule has 2 bridgehead atoms. The average Bonchev–Trinajstić information content (AvgIpc) is 2.83. The summed E-state index contributed by atoms with van der Waals surface area (Å²) >= 11 is 0. The number of aliphatic hydroxyl groups is 1. The van der Waals surface area contributed by atoms with Crippen LogP contribution in [0.5, 0.6) is 11.5 Å². The lowest BCUT2D eigenvalue weighted by molar-refractivity contribution is -0.0177. The summed E-state index contributed by atoms with van der Waals surface area (Å²) in [5, 5.41) is 14.1. The van der Waals surface area contributed by atoms with Crippen LogP contribution in [0.1, 0.15) is 17.5 Å². The van der Waals surface area contributed by atoms with Crippen LogP contribution in [0, 0.1) is 5.92 Å². The maximum atomic E-state index is 10.5. The highest BCUT2D eigenvalue weighted by Gasteiger charge is 2.63. The second-order valence-electron chi connectivity index (χ2n) is 6.63. The summed E-state index contributed by atoms with van der Waals surface area (Å²) in [6.07, 6.45) is 5.43. The van der Waals surface area contributed by atoms with E-state index in [0.29, 0.717) is 12.0 Å². The van der Waals surface area contributed by atoms with E-state index in [1.807, 2.05) is 12.1 Å². The molecule has 0 amide bonds. The summed E-state index contributed by atoms with van der Waals surface area (Å²) in [4.78, 5) is 0. The van der Waals surface area contributed by atoms with E-state index >= 15 is 0 Å². The molecule has 0 saturated carbocycles. The predicted octanol–water partition coefficient (Wildman–Crippen LogP) is 1.58. The van der Waals surface area contributed by atoms with Crippen LogP contribution in [0.25, 0.3) is 0 Å². The molecule has 2 heterocycles. The van der Waals surface area contributed by atoms with Crippen LogP contribution in [-0.4, -0.2) is 37.0 Å². The SMILES string of the molecule is COc1ccc2c3c1O[C@H]1[C@@H](O)C=C[C@H]4[C@@H](C2)NCC[C@@]341.Cl. The number of rotatable bonds is 1. The quantitative estimate of drug-likeness (QED) is 0.771. The molecule has 1 aromatic rings. The van der Waals surface area contributed by atoms with E-state index in [-0.39, 0.29) is 23.9 Å². The Hall–Kier alpha value is -1.23. The molecule has 0 unspecified atom stereocenters. The Morgan fingerprint density at radius 3 is 3.05 bits per heavy atom. The van der Waals surface area contributed by atoms with Gasteiger partial charge < -0.3 is 19.9 Å². The van der Waals surface area contributed by atoms with Crippen molar-refractivity contribution in [1.29, 1.82) is 0 Å². The summed E-state index contributed by atoms with van der Waals surface area (Å²) in [6, 6.07) is 4.62. The molecule has 1 fully saturated rings. The van der Waals surface area contributed by atoms with Crippen LogP contribution in [-0.2, 0) is 11.8 Å². The van der Waals surface area contributed by atoms with Crippen LogP contribution in [0.2, 0.25) is 0 Å². The van der Waals surface area contributed by atoms with Gasteiger partial charge in [-0.1, -0.05) is 18.2 Å². The second-order valence-corrected chi connectivity index (χ2v) is 6.63. The Labute approximate surface area is 135 Å². The fourth-order valence-electron chi connectivity index (χ4n) is 5.13. The van der Waals surface area contributed by atoms with Crippen molar-refractivity contribution < 1.29 is 14.6 Å². The lowest BCUT2D eigenvalue weighted by Crippen LogP contribution is -2.64. The van der Waals surface area contributed by atoms with E-state index in [2.05, 4.69) is 17.5 Å². The predicted molar refractivity (Wildman–Crippen MR) is 85.1 cm³/mol. The standard InChI is InChI=1S/C17H19NO3.ClH/c1-20-13-5-2-9-8-11-10-3-4-12(19)16-17(10,6-7-18-11)14(9)15(13)21-16;/h2-5,10-12,16,18-19H,6-8H2,1H3;1H/t10-,11+,12-,16-,17-;/m0./s1. The van der Waals surface area contributed by atoms with Gasteiger partial charge in [-0.2, -0.15) is 0 Å². The average molecular weight is 322 g/mol. The van der Waals surface area contributed by atoms with Crippen molar-refractivity contribution in [3.8, 4) is 11.5 Å². The monoisotopic (exact) mass is 321 g/mol. The maximum Gasteiger partial charge on any atom is 0.165 e. The molecule has 22 heavy (non-hydrogen) atoms.